The predicted octanol–water partition coefficient (Wildman–Crippen LogP) is 3.69. The molecular formula is C16H17ClFN5S. The Labute approximate surface area is 148 Å². The van der Waals surface area contributed by atoms with Gasteiger partial charge >= 0.3 is 0 Å². The van der Waals surface area contributed by atoms with Crippen LogP contribution in [0.5, 0.6) is 0 Å². The summed E-state index contributed by atoms with van der Waals surface area (Å²) in [6.07, 6.45) is 2.32. The zero-order chi connectivity index (χ0) is 17.3. The van der Waals surface area contributed by atoms with Crippen molar-refractivity contribution in [1.29, 1.82) is 0 Å². The van der Waals surface area contributed by atoms with Crippen LogP contribution in [0, 0.1) is 12.7 Å². The minimum atomic E-state index is -0.360. The molecule has 0 fully saturated rings. The molecule has 3 aromatic rings. The van der Waals surface area contributed by atoms with Crippen molar-refractivity contribution in [3.8, 4) is 0 Å². The Morgan fingerprint density at radius 2 is 2.21 bits per heavy atom. The van der Waals surface area contributed by atoms with Crippen LogP contribution < -0.4 is 11.1 Å². The van der Waals surface area contributed by atoms with Gasteiger partial charge in [0.1, 0.15) is 11.6 Å². The quantitative estimate of drug-likeness (QED) is 0.674. The maximum Gasteiger partial charge on any atom is 0.224 e. The number of pyridine rings is 1. The number of hydrogen-bond donors (Lipinski definition) is 2. The molecule has 0 aliphatic carbocycles. The topological polar surface area (TPSA) is 76.7 Å². The summed E-state index contributed by atoms with van der Waals surface area (Å²) >= 11 is 7.64. The van der Waals surface area contributed by atoms with E-state index in [0.29, 0.717) is 11.5 Å². The van der Waals surface area contributed by atoms with Gasteiger partial charge in [-0.3, -0.25) is 4.98 Å². The number of halogens is 2. The second kappa shape index (κ2) is 6.96. The molecule has 0 bridgehead atoms. The summed E-state index contributed by atoms with van der Waals surface area (Å²) in [5, 5.41) is 3.27. The Bertz CT molecular complexity index is 880. The van der Waals surface area contributed by atoms with E-state index in [0.717, 1.165) is 27.1 Å². The van der Waals surface area contributed by atoms with Crippen LogP contribution in [0.3, 0.4) is 0 Å². The molecule has 0 amide bonds. The molecule has 0 aliphatic rings. The van der Waals surface area contributed by atoms with Crippen LogP contribution in [0.15, 0.2) is 18.3 Å². The Morgan fingerprint density at radius 1 is 1.42 bits per heavy atom. The lowest BCUT2D eigenvalue weighted by Gasteiger charge is -2.07. The van der Waals surface area contributed by atoms with Crippen molar-refractivity contribution in [2.45, 2.75) is 32.9 Å². The van der Waals surface area contributed by atoms with Crippen molar-refractivity contribution in [3.63, 3.8) is 0 Å². The van der Waals surface area contributed by atoms with Gasteiger partial charge in [-0.2, -0.15) is 4.98 Å². The van der Waals surface area contributed by atoms with Crippen LogP contribution >= 0.6 is 22.9 Å². The molecule has 3 aromatic heterocycles. The Morgan fingerprint density at radius 3 is 2.92 bits per heavy atom. The number of thiophene rings is 1. The average molecular weight is 366 g/mol. The predicted molar refractivity (Wildman–Crippen MR) is 96.0 cm³/mol. The van der Waals surface area contributed by atoms with Crippen LogP contribution in [-0.4, -0.2) is 21.0 Å². The highest BCUT2D eigenvalue weighted by molar-refractivity contribution is 7.19. The third kappa shape index (κ3) is 3.48. The molecule has 3 heterocycles. The molecule has 0 saturated heterocycles. The maximum atomic E-state index is 13.7. The second-order valence-corrected chi connectivity index (χ2v) is 7.08. The molecule has 8 heteroatoms. The number of fused-ring (bicyclic) bond motifs is 1. The van der Waals surface area contributed by atoms with Crippen molar-refractivity contribution in [2.75, 3.05) is 5.32 Å². The normalized spacial score (nSPS) is 12.5. The van der Waals surface area contributed by atoms with Crippen molar-refractivity contribution in [2.24, 2.45) is 5.73 Å². The van der Waals surface area contributed by atoms with Crippen LogP contribution in [-0.2, 0) is 13.0 Å². The monoisotopic (exact) mass is 365 g/mol. The van der Waals surface area contributed by atoms with E-state index >= 15 is 0 Å². The molecule has 0 aliphatic heterocycles. The molecule has 0 radical (unpaired) electrons. The minimum Gasteiger partial charge on any atom is -0.363 e. The fourth-order valence-electron chi connectivity index (χ4n) is 2.43. The molecule has 0 saturated carbocycles. The largest absolute Gasteiger partial charge is 0.363 e. The number of nitrogens with two attached hydrogens (primary N) is 1. The van der Waals surface area contributed by atoms with Crippen LogP contribution in [0.25, 0.3) is 10.2 Å². The number of aryl methyl sites for hydroxylation is 1. The van der Waals surface area contributed by atoms with Gasteiger partial charge in [-0.05, 0) is 49.6 Å². The zero-order valence-corrected chi connectivity index (χ0v) is 14.9. The number of anilines is 1. The molecule has 5 nitrogen and oxygen atoms in total. The summed E-state index contributed by atoms with van der Waals surface area (Å²) < 4.78 is 14.6. The Hall–Kier alpha value is -1.83. The third-order valence-corrected chi connectivity index (χ3v) is 5.08. The first-order valence-corrected chi connectivity index (χ1v) is 8.69. The lowest BCUT2D eigenvalue weighted by atomic mass is 10.1. The SMILES string of the molecule is Cc1c(C[C@H](C)N)sc2c(NCc3ncccc3F)nc(Cl)nc12. The van der Waals surface area contributed by atoms with Crippen molar-refractivity contribution >= 4 is 39.0 Å². The molecule has 0 spiro atoms. The lowest BCUT2D eigenvalue weighted by Crippen LogP contribution is -2.17. The van der Waals surface area contributed by atoms with Crippen LogP contribution in [0.1, 0.15) is 23.1 Å². The zero-order valence-electron chi connectivity index (χ0n) is 13.3. The van der Waals surface area contributed by atoms with E-state index in [4.69, 9.17) is 17.3 Å². The molecular weight excluding hydrogens is 349 g/mol. The average Bonchev–Trinajstić information content (AvgIpc) is 2.82. The summed E-state index contributed by atoms with van der Waals surface area (Å²) in [5.41, 5.74) is 8.10. The summed E-state index contributed by atoms with van der Waals surface area (Å²) in [6.45, 7) is 4.18. The van der Waals surface area contributed by atoms with Crippen LogP contribution in [0.4, 0.5) is 10.2 Å². The van der Waals surface area contributed by atoms with Gasteiger partial charge in [0.25, 0.3) is 0 Å². The molecule has 0 aromatic carbocycles. The minimum absolute atomic E-state index is 0.0548. The smallest absolute Gasteiger partial charge is 0.224 e. The van der Waals surface area contributed by atoms with Crippen molar-refractivity contribution < 1.29 is 4.39 Å². The number of aromatic nitrogens is 3. The summed E-state index contributed by atoms with van der Waals surface area (Å²) in [4.78, 5) is 13.8. The fraction of sp³-hybridized carbons (Fsp3) is 0.312. The van der Waals surface area contributed by atoms with Crippen molar-refractivity contribution in [1.82, 2.24) is 15.0 Å². The number of nitrogens with one attached hydrogen (secondary N) is 1. The van der Waals surface area contributed by atoms with Crippen LogP contribution in [0.2, 0.25) is 5.28 Å². The summed E-state index contributed by atoms with van der Waals surface area (Å²) in [5.74, 6) is 0.223. The van der Waals surface area contributed by atoms with Gasteiger partial charge in [-0.15, -0.1) is 11.3 Å². The van der Waals surface area contributed by atoms with E-state index in [2.05, 4.69) is 20.3 Å². The highest BCUT2D eigenvalue weighted by Gasteiger charge is 2.17. The van der Waals surface area contributed by atoms with E-state index in [1.54, 1.807) is 23.6 Å². The van der Waals surface area contributed by atoms with E-state index < -0.39 is 0 Å². The number of hydrogen-bond acceptors (Lipinski definition) is 6. The Balaban J connectivity index is 1.96. The second-order valence-electron chi connectivity index (χ2n) is 5.64. The van der Waals surface area contributed by atoms with Gasteiger partial charge in [0.05, 0.1) is 22.5 Å². The summed E-state index contributed by atoms with van der Waals surface area (Å²) in [6, 6.07) is 2.99. The number of nitrogens with zero attached hydrogens (tertiary/aromatic N) is 3. The molecule has 0 unspecified atom stereocenters. The van der Waals surface area contributed by atoms with Gasteiger partial charge in [0.15, 0.2) is 0 Å². The van der Waals surface area contributed by atoms with E-state index in [-0.39, 0.29) is 23.7 Å². The fourth-order valence-corrected chi connectivity index (χ4v) is 3.95. The van der Waals surface area contributed by atoms with E-state index in [9.17, 15) is 4.39 Å². The van der Waals surface area contributed by atoms with Crippen molar-refractivity contribution in [3.05, 3.63) is 45.6 Å². The Kier molecular flexibility index (Phi) is 4.93. The molecule has 1 atom stereocenters. The van der Waals surface area contributed by atoms with E-state index in [1.807, 2.05) is 13.8 Å². The molecule has 24 heavy (non-hydrogen) atoms. The lowest BCUT2D eigenvalue weighted by molar-refractivity contribution is 0.602. The van der Waals surface area contributed by atoms with E-state index in [1.165, 1.54) is 6.07 Å². The maximum absolute atomic E-state index is 13.7. The summed E-state index contributed by atoms with van der Waals surface area (Å²) in [7, 11) is 0. The molecule has 126 valence electrons. The van der Waals surface area contributed by atoms with Gasteiger partial charge in [0, 0.05) is 17.1 Å². The highest BCUT2D eigenvalue weighted by Crippen LogP contribution is 2.35. The third-order valence-electron chi connectivity index (χ3n) is 3.60. The van der Waals surface area contributed by atoms with Gasteiger partial charge in [-0.1, -0.05) is 0 Å². The first-order valence-electron chi connectivity index (χ1n) is 7.50. The van der Waals surface area contributed by atoms with Gasteiger partial charge in [0.2, 0.25) is 5.28 Å². The van der Waals surface area contributed by atoms with Gasteiger partial charge in [-0.25, -0.2) is 9.37 Å². The van der Waals surface area contributed by atoms with Gasteiger partial charge < -0.3 is 11.1 Å². The molecule has 3 rings (SSSR count). The first kappa shape index (κ1) is 17.0. The standard InChI is InChI=1S/C16H17ClFN5S/c1-8(19)6-12-9(2)13-14(24-12)15(23-16(17)22-13)21-7-11-10(18)4-3-5-20-11/h3-5,8H,6-7,19H2,1-2H3,(H,21,22,23)/t8-/m0/s1. The highest BCUT2D eigenvalue weighted by atomic mass is 35.5. The first-order chi connectivity index (χ1) is 11.5. The molecule has 3 N–H and O–H groups in total. The number of rotatable bonds is 5.